The maximum absolute atomic E-state index is 13.7. The number of halogens is 1. The van der Waals surface area contributed by atoms with E-state index >= 15 is 0 Å². The molecule has 232 valence electrons. The lowest BCUT2D eigenvalue weighted by Crippen LogP contribution is -2.54. The number of aliphatic hydroxyl groups excluding tert-OH is 1. The third kappa shape index (κ3) is 7.23. The number of carbonyl (C=O) groups excluding carboxylic acids is 3. The van der Waals surface area contributed by atoms with Crippen LogP contribution in [0.3, 0.4) is 0 Å². The fourth-order valence-electron chi connectivity index (χ4n) is 6.02. The van der Waals surface area contributed by atoms with Gasteiger partial charge in [-0.05, 0) is 50.9 Å². The molecular weight excluding hydrogens is 562 g/mol. The molecule has 3 rings (SSSR count). The van der Waals surface area contributed by atoms with E-state index in [-0.39, 0.29) is 18.7 Å². The number of esters is 1. The third-order valence-corrected chi connectivity index (χ3v) is 9.15. The standard InChI is InChI=1S/C31H44ClN3O7/c1-18-9-8-10-24(41-7)22(34-17-36)14-21(40-6)15-25(37)31(3)26(42-30(39)29(31)33-4)16-27(38)35(5)23-13-20(11-18)12-19(2)28(23)32/h8-10,12-13,17,21-22,24-26,29,33,37H,11,14-16H2,1-7H3,(H,34,36)/b10-8+,18-9+/t21?,22?,24-,25?,26+,29?,31?/m1/s1. The number of hydrogen-bond donors (Lipinski definition) is 3. The van der Waals surface area contributed by atoms with Crippen molar-refractivity contribution in [3.63, 3.8) is 0 Å². The van der Waals surface area contributed by atoms with Crippen molar-refractivity contribution in [2.45, 2.75) is 83.0 Å². The van der Waals surface area contributed by atoms with Crippen molar-refractivity contribution in [2.75, 3.05) is 33.2 Å². The topological polar surface area (TPSA) is 126 Å². The van der Waals surface area contributed by atoms with Crippen LogP contribution in [0.2, 0.25) is 5.02 Å². The van der Waals surface area contributed by atoms with Crippen LogP contribution < -0.4 is 15.5 Å². The van der Waals surface area contributed by atoms with Crippen LogP contribution in [0.15, 0.2) is 35.9 Å². The van der Waals surface area contributed by atoms with Crippen molar-refractivity contribution in [1.29, 1.82) is 0 Å². The summed E-state index contributed by atoms with van der Waals surface area (Å²) in [4.78, 5) is 39.6. The minimum Gasteiger partial charge on any atom is -0.460 e. The normalized spacial score (nSPS) is 33.4. The number of likely N-dealkylation sites (N-methyl/N-ethyl adjacent to an activating group) is 1. The lowest BCUT2D eigenvalue weighted by Gasteiger charge is -2.39. The number of aliphatic hydroxyl groups is 1. The van der Waals surface area contributed by atoms with E-state index in [1.165, 1.54) is 12.0 Å². The average molecular weight is 606 g/mol. The van der Waals surface area contributed by atoms with Crippen molar-refractivity contribution in [2.24, 2.45) is 5.41 Å². The molecule has 1 saturated heterocycles. The zero-order valence-corrected chi connectivity index (χ0v) is 26.2. The maximum Gasteiger partial charge on any atom is 0.324 e. The molecule has 2 amide bonds. The zero-order chi connectivity index (χ0) is 31.2. The second kappa shape index (κ2) is 14.6. The number of amides is 2. The van der Waals surface area contributed by atoms with Crippen molar-refractivity contribution in [3.8, 4) is 0 Å². The highest BCUT2D eigenvalue weighted by Crippen LogP contribution is 2.43. The molecule has 5 unspecified atom stereocenters. The van der Waals surface area contributed by atoms with Gasteiger partial charge in [0, 0.05) is 27.7 Å². The SMILES string of the molecule is CNC1C(=O)O[C@H]2CC(=O)N(C)c3cc(cc(C)c3Cl)C/C(C)=C/C=C/[C@@H](OC)C(NC=O)CC(OC)CC(O)C12C. The summed E-state index contributed by atoms with van der Waals surface area (Å²) in [5, 5.41) is 17.9. The van der Waals surface area contributed by atoms with Crippen LogP contribution in [0.4, 0.5) is 5.69 Å². The molecule has 2 aliphatic rings. The summed E-state index contributed by atoms with van der Waals surface area (Å²) < 4.78 is 17.2. The Morgan fingerprint density at radius 1 is 1.19 bits per heavy atom. The highest BCUT2D eigenvalue weighted by molar-refractivity contribution is 6.34. The largest absolute Gasteiger partial charge is 0.460 e. The Labute approximate surface area is 253 Å². The predicted octanol–water partition coefficient (Wildman–Crippen LogP) is 2.87. The van der Waals surface area contributed by atoms with Crippen molar-refractivity contribution in [1.82, 2.24) is 10.6 Å². The molecule has 2 bridgehead atoms. The molecule has 42 heavy (non-hydrogen) atoms. The molecule has 0 aromatic heterocycles. The monoisotopic (exact) mass is 605 g/mol. The number of hydrogen-bond acceptors (Lipinski definition) is 8. The molecule has 2 heterocycles. The quantitative estimate of drug-likeness (QED) is 0.346. The minimum absolute atomic E-state index is 0.117. The summed E-state index contributed by atoms with van der Waals surface area (Å²) in [5.41, 5.74) is 2.25. The number of allylic oxidation sites excluding steroid dienone is 3. The molecule has 1 aromatic carbocycles. The first-order valence-electron chi connectivity index (χ1n) is 14.1. The van der Waals surface area contributed by atoms with Crippen LogP contribution in [0.25, 0.3) is 0 Å². The first-order valence-corrected chi connectivity index (χ1v) is 14.5. The summed E-state index contributed by atoms with van der Waals surface area (Å²) in [7, 11) is 6.35. The Hall–Kier alpha value is -2.76. The summed E-state index contributed by atoms with van der Waals surface area (Å²) >= 11 is 6.67. The van der Waals surface area contributed by atoms with Gasteiger partial charge in [0.15, 0.2) is 0 Å². The van der Waals surface area contributed by atoms with Gasteiger partial charge in [-0.15, -0.1) is 0 Å². The van der Waals surface area contributed by atoms with Crippen molar-refractivity contribution in [3.05, 3.63) is 52.1 Å². The van der Waals surface area contributed by atoms with E-state index in [2.05, 4.69) is 10.6 Å². The number of aryl methyl sites for hydroxylation is 1. The number of rotatable bonds is 5. The van der Waals surface area contributed by atoms with Crippen LogP contribution in [0, 0.1) is 12.3 Å². The van der Waals surface area contributed by atoms with Gasteiger partial charge >= 0.3 is 5.97 Å². The number of anilines is 1. The van der Waals surface area contributed by atoms with E-state index in [0.717, 1.165) is 16.7 Å². The highest BCUT2D eigenvalue weighted by atomic mass is 35.5. The summed E-state index contributed by atoms with van der Waals surface area (Å²) in [5.74, 6) is -0.852. The molecule has 0 aliphatic carbocycles. The number of ether oxygens (including phenoxy) is 3. The predicted molar refractivity (Wildman–Crippen MR) is 161 cm³/mol. The van der Waals surface area contributed by atoms with Crippen molar-refractivity contribution >= 4 is 35.6 Å². The number of benzene rings is 1. The summed E-state index contributed by atoms with van der Waals surface area (Å²) in [6.07, 6.45) is 4.22. The lowest BCUT2D eigenvalue weighted by molar-refractivity contribution is -0.144. The molecule has 0 radical (unpaired) electrons. The van der Waals surface area contributed by atoms with Gasteiger partial charge in [0.2, 0.25) is 12.3 Å². The van der Waals surface area contributed by atoms with E-state index in [9.17, 15) is 19.5 Å². The second-order valence-corrected chi connectivity index (χ2v) is 11.8. The molecular formula is C31H44ClN3O7. The minimum atomic E-state index is -1.17. The molecule has 2 aliphatic heterocycles. The van der Waals surface area contributed by atoms with Crippen LogP contribution in [-0.4, -0.2) is 88.2 Å². The van der Waals surface area contributed by atoms with Crippen LogP contribution in [0.5, 0.6) is 0 Å². The molecule has 3 N–H and O–H groups in total. The molecule has 10 nitrogen and oxygen atoms in total. The Morgan fingerprint density at radius 2 is 1.90 bits per heavy atom. The molecule has 0 spiro atoms. The van der Waals surface area contributed by atoms with E-state index in [1.54, 1.807) is 28.1 Å². The number of fused-ring (bicyclic) bond motifs is 3. The van der Waals surface area contributed by atoms with Gasteiger partial charge in [0.25, 0.3) is 0 Å². The third-order valence-electron chi connectivity index (χ3n) is 8.66. The Bertz CT molecular complexity index is 1210. The van der Waals surface area contributed by atoms with Gasteiger partial charge in [0.1, 0.15) is 12.1 Å². The number of carbonyl (C=O) groups is 3. The maximum atomic E-state index is 13.7. The molecule has 7 atom stereocenters. The van der Waals surface area contributed by atoms with Gasteiger partial charge in [-0.1, -0.05) is 48.4 Å². The second-order valence-electron chi connectivity index (χ2n) is 11.4. The number of nitrogens with zero attached hydrogens (tertiary/aromatic N) is 1. The molecule has 11 heteroatoms. The number of methoxy groups -OCH3 is 2. The Morgan fingerprint density at radius 3 is 2.52 bits per heavy atom. The van der Waals surface area contributed by atoms with E-state index < -0.39 is 47.9 Å². The first kappa shape index (κ1) is 33.7. The van der Waals surface area contributed by atoms with Gasteiger partial charge < -0.3 is 34.9 Å². The van der Waals surface area contributed by atoms with Gasteiger partial charge in [-0.25, -0.2) is 0 Å². The Balaban J connectivity index is 2.12. The first-order chi connectivity index (χ1) is 19.9. The van der Waals surface area contributed by atoms with Crippen LogP contribution >= 0.6 is 11.6 Å². The molecule has 1 aromatic rings. The van der Waals surface area contributed by atoms with Gasteiger partial charge in [0.05, 0.1) is 46.9 Å². The van der Waals surface area contributed by atoms with Gasteiger partial charge in [-0.3, -0.25) is 14.4 Å². The van der Waals surface area contributed by atoms with Crippen molar-refractivity contribution < 1.29 is 33.7 Å². The van der Waals surface area contributed by atoms with Crippen LogP contribution in [0.1, 0.15) is 44.2 Å². The zero-order valence-electron chi connectivity index (χ0n) is 25.5. The average Bonchev–Trinajstić information content (AvgIpc) is 3.20. The fraction of sp³-hybridized carbons (Fsp3) is 0.581. The lowest BCUT2D eigenvalue weighted by atomic mass is 9.71. The van der Waals surface area contributed by atoms with Gasteiger partial charge in [-0.2, -0.15) is 0 Å². The molecule has 1 fully saturated rings. The smallest absolute Gasteiger partial charge is 0.324 e. The van der Waals surface area contributed by atoms with E-state index in [4.69, 9.17) is 25.8 Å². The Kier molecular flexibility index (Phi) is 11.7. The van der Waals surface area contributed by atoms with E-state index in [0.29, 0.717) is 30.0 Å². The highest BCUT2D eigenvalue weighted by Gasteiger charge is 2.58. The van der Waals surface area contributed by atoms with E-state index in [1.807, 2.05) is 44.2 Å². The van der Waals surface area contributed by atoms with Crippen LogP contribution in [-0.2, 0) is 35.0 Å². The fourth-order valence-corrected chi connectivity index (χ4v) is 6.25. The number of nitrogens with one attached hydrogen (secondary N) is 2. The summed E-state index contributed by atoms with van der Waals surface area (Å²) in [6.45, 7) is 5.64. The molecule has 0 saturated carbocycles. The summed E-state index contributed by atoms with van der Waals surface area (Å²) in [6, 6.07) is 2.56.